The second-order valence-electron chi connectivity index (χ2n) is 5.61. The summed E-state index contributed by atoms with van der Waals surface area (Å²) in [6.07, 6.45) is 13.3. The number of carboxylic acid groups (broad SMARTS) is 1. The molecule has 1 aliphatic heterocycles. The smallest absolute Gasteiger partial charge is 0.327 e. The lowest BCUT2D eigenvalue weighted by atomic mass is 10.1. The molecule has 0 radical (unpaired) electrons. The van der Waals surface area contributed by atoms with Crippen LogP contribution in [0.2, 0.25) is 0 Å². The van der Waals surface area contributed by atoms with E-state index in [1.807, 2.05) is 4.90 Å². The van der Waals surface area contributed by atoms with Crippen molar-refractivity contribution < 1.29 is 14.7 Å². The van der Waals surface area contributed by atoms with Gasteiger partial charge < -0.3 is 10.0 Å². The molecule has 21 heavy (non-hydrogen) atoms. The van der Waals surface area contributed by atoms with Gasteiger partial charge in [0, 0.05) is 19.2 Å². The van der Waals surface area contributed by atoms with Gasteiger partial charge in [-0.3, -0.25) is 4.79 Å². The number of carbonyl (C=O) groups excluding carboxylic acids is 1. The molecular formula is C17H27NO3. The van der Waals surface area contributed by atoms with Gasteiger partial charge in [0.2, 0.25) is 5.91 Å². The van der Waals surface area contributed by atoms with Crippen LogP contribution in [0.3, 0.4) is 0 Å². The minimum absolute atomic E-state index is 0.0452. The summed E-state index contributed by atoms with van der Waals surface area (Å²) in [5, 5.41) is 8.43. The molecule has 1 rings (SSSR count). The van der Waals surface area contributed by atoms with Crippen molar-refractivity contribution in [2.24, 2.45) is 5.92 Å². The molecule has 1 amide bonds. The molecule has 0 spiro atoms. The first-order valence-electron chi connectivity index (χ1n) is 7.96. The third-order valence-electron chi connectivity index (χ3n) is 3.93. The molecule has 1 atom stereocenters. The van der Waals surface area contributed by atoms with Crippen molar-refractivity contribution in [3.05, 3.63) is 24.8 Å². The third kappa shape index (κ3) is 7.11. The van der Waals surface area contributed by atoms with Gasteiger partial charge in [0.25, 0.3) is 0 Å². The lowest BCUT2D eigenvalue weighted by molar-refractivity contribution is -0.131. The Labute approximate surface area is 127 Å². The van der Waals surface area contributed by atoms with Crippen LogP contribution in [0.25, 0.3) is 0 Å². The number of hydrogen-bond donors (Lipinski definition) is 1. The fourth-order valence-electron chi connectivity index (χ4n) is 2.66. The van der Waals surface area contributed by atoms with Gasteiger partial charge in [0.05, 0.1) is 5.92 Å². The van der Waals surface area contributed by atoms with Crippen LogP contribution in [0.1, 0.15) is 51.4 Å². The van der Waals surface area contributed by atoms with E-state index in [0.29, 0.717) is 0 Å². The molecule has 0 bridgehead atoms. The molecule has 1 aliphatic rings. The van der Waals surface area contributed by atoms with Crippen molar-refractivity contribution in [3.8, 4) is 0 Å². The zero-order valence-electron chi connectivity index (χ0n) is 12.8. The van der Waals surface area contributed by atoms with Gasteiger partial charge in [-0.1, -0.05) is 37.8 Å². The van der Waals surface area contributed by atoms with E-state index < -0.39 is 5.97 Å². The molecule has 1 unspecified atom stereocenters. The van der Waals surface area contributed by atoms with Crippen LogP contribution < -0.4 is 0 Å². The summed E-state index contributed by atoms with van der Waals surface area (Å²) in [6.45, 7) is 5.46. The minimum atomic E-state index is -0.870. The van der Waals surface area contributed by atoms with Crippen LogP contribution in [0.15, 0.2) is 24.8 Å². The van der Waals surface area contributed by atoms with Crippen LogP contribution in [0.4, 0.5) is 0 Å². The molecule has 1 fully saturated rings. The SMILES string of the molecule is C=CC1CCN(CCCCCCCCC=CC(=O)O)C1=O. The van der Waals surface area contributed by atoms with Crippen molar-refractivity contribution in [1.29, 1.82) is 0 Å². The lowest BCUT2D eigenvalue weighted by Crippen LogP contribution is -2.27. The first-order valence-corrected chi connectivity index (χ1v) is 7.96. The predicted molar refractivity (Wildman–Crippen MR) is 84.0 cm³/mol. The van der Waals surface area contributed by atoms with Crippen LogP contribution in [0.5, 0.6) is 0 Å². The summed E-state index contributed by atoms with van der Waals surface area (Å²) in [5.41, 5.74) is 0. The zero-order chi connectivity index (χ0) is 15.5. The summed E-state index contributed by atoms with van der Waals surface area (Å²) >= 11 is 0. The predicted octanol–water partition coefficient (Wildman–Crippen LogP) is 3.39. The van der Waals surface area contributed by atoms with Gasteiger partial charge in [-0.25, -0.2) is 4.79 Å². The Morgan fingerprint density at radius 2 is 1.90 bits per heavy atom. The number of nitrogens with zero attached hydrogens (tertiary/aromatic N) is 1. The molecule has 118 valence electrons. The largest absolute Gasteiger partial charge is 0.478 e. The Kier molecular flexibility index (Phi) is 8.48. The van der Waals surface area contributed by atoms with E-state index in [1.54, 1.807) is 12.2 Å². The van der Waals surface area contributed by atoms with Crippen molar-refractivity contribution in [1.82, 2.24) is 4.90 Å². The number of likely N-dealkylation sites (tertiary alicyclic amines) is 1. The molecule has 0 aromatic carbocycles. The first-order chi connectivity index (χ1) is 10.1. The number of hydrogen-bond acceptors (Lipinski definition) is 2. The number of rotatable bonds is 11. The van der Waals surface area contributed by atoms with Gasteiger partial charge in [-0.05, 0) is 25.7 Å². The summed E-state index contributed by atoms with van der Waals surface area (Å²) in [6, 6.07) is 0. The van der Waals surface area contributed by atoms with E-state index in [9.17, 15) is 9.59 Å². The highest BCUT2D eigenvalue weighted by Gasteiger charge is 2.28. The topological polar surface area (TPSA) is 57.6 Å². The average molecular weight is 293 g/mol. The summed E-state index contributed by atoms with van der Waals surface area (Å²) < 4.78 is 0. The van der Waals surface area contributed by atoms with E-state index in [0.717, 1.165) is 51.6 Å². The lowest BCUT2D eigenvalue weighted by Gasteiger charge is -2.15. The molecule has 0 saturated carbocycles. The van der Waals surface area contributed by atoms with Crippen molar-refractivity contribution in [3.63, 3.8) is 0 Å². The summed E-state index contributed by atoms with van der Waals surface area (Å²) in [4.78, 5) is 24.1. The maximum atomic E-state index is 11.9. The molecular weight excluding hydrogens is 266 g/mol. The van der Waals surface area contributed by atoms with E-state index in [-0.39, 0.29) is 11.8 Å². The number of amides is 1. The molecule has 0 aromatic rings. The molecule has 0 aromatic heterocycles. The van der Waals surface area contributed by atoms with E-state index in [1.165, 1.54) is 18.9 Å². The molecule has 0 aliphatic carbocycles. The van der Waals surface area contributed by atoms with Crippen LogP contribution in [0, 0.1) is 5.92 Å². The Morgan fingerprint density at radius 1 is 1.24 bits per heavy atom. The fourth-order valence-corrected chi connectivity index (χ4v) is 2.66. The fraction of sp³-hybridized carbons (Fsp3) is 0.647. The van der Waals surface area contributed by atoms with E-state index >= 15 is 0 Å². The highest BCUT2D eigenvalue weighted by atomic mass is 16.4. The Morgan fingerprint density at radius 3 is 2.52 bits per heavy atom. The summed E-state index contributed by atoms with van der Waals surface area (Å²) in [7, 11) is 0. The maximum Gasteiger partial charge on any atom is 0.327 e. The quantitative estimate of drug-likeness (QED) is 0.361. The van der Waals surface area contributed by atoms with E-state index in [2.05, 4.69) is 6.58 Å². The second kappa shape index (κ2) is 10.2. The zero-order valence-corrected chi connectivity index (χ0v) is 12.8. The second-order valence-corrected chi connectivity index (χ2v) is 5.61. The third-order valence-corrected chi connectivity index (χ3v) is 3.93. The van der Waals surface area contributed by atoms with Gasteiger partial charge in [-0.2, -0.15) is 0 Å². The number of carboxylic acids is 1. The van der Waals surface area contributed by atoms with Gasteiger partial charge in [0.15, 0.2) is 0 Å². The number of aliphatic carboxylic acids is 1. The van der Waals surface area contributed by atoms with Gasteiger partial charge in [-0.15, -0.1) is 6.58 Å². The minimum Gasteiger partial charge on any atom is -0.478 e. The van der Waals surface area contributed by atoms with Crippen LogP contribution >= 0.6 is 0 Å². The maximum absolute atomic E-state index is 11.9. The molecule has 4 heteroatoms. The number of allylic oxidation sites excluding steroid dienone is 1. The highest BCUT2D eigenvalue weighted by Crippen LogP contribution is 2.19. The van der Waals surface area contributed by atoms with Crippen molar-refractivity contribution in [2.45, 2.75) is 51.4 Å². The molecule has 4 nitrogen and oxygen atoms in total. The molecule has 1 N–H and O–H groups in total. The summed E-state index contributed by atoms with van der Waals surface area (Å²) in [5.74, 6) is -0.579. The monoisotopic (exact) mass is 293 g/mol. The first kappa shape index (κ1) is 17.5. The highest BCUT2D eigenvalue weighted by molar-refractivity contribution is 5.82. The van der Waals surface area contributed by atoms with Gasteiger partial charge >= 0.3 is 5.97 Å². The van der Waals surface area contributed by atoms with Gasteiger partial charge in [0.1, 0.15) is 0 Å². The number of unbranched alkanes of at least 4 members (excludes halogenated alkanes) is 6. The van der Waals surface area contributed by atoms with Crippen LogP contribution in [-0.4, -0.2) is 35.0 Å². The molecule has 1 saturated heterocycles. The Bertz CT molecular complexity index is 376. The number of carbonyl (C=O) groups is 2. The average Bonchev–Trinajstić information content (AvgIpc) is 2.81. The normalized spacial score (nSPS) is 18.6. The van der Waals surface area contributed by atoms with Crippen LogP contribution in [-0.2, 0) is 9.59 Å². The standard InChI is InChI=1S/C17H27NO3/c1-2-15-12-14-18(17(15)21)13-10-8-6-4-3-5-7-9-11-16(19)20/h2,9,11,15H,1,3-8,10,12-14H2,(H,19,20). The van der Waals surface area contributed by atoms with E-state index in [4.69, 9.17) is 5.11 Å². The Balaban J connectivity index is 1.92. The van der Waals surface area contributed by atoms with Crippen molar-refractivity contribution >= 4 is 11.9 Å². The molecule has 1 heterocycles. The van der Waals surface area contributed by atoms with Crippen molar-refractivity contribution in [2.75, 3.05) is 13.1 Å². The Hall–Kier alpha value is -1.58.